The van der Waals surface area contributed by atoms with Crippen molar-refractivity contribution in [2.24, 2.45) is 5.73 Å². The van der Waals surface area contributed by atoms with Crippen LogP contribution in [0, 0.1) is 0 Å². The van der Waals surface area contributed by atoms with Crippen LogP contribution >= 0.6 is 0 Å². The third kappa shape index (κ3) is 4.02. The highest BCUT2D eigenvalue weighted by atomic mass is 16.5. The largest absolute Gasteiger partial charge is 0.493 e. The van der Waals surface area contributed by atoms with Gasteiger partial charge in [0.25, 0.3) is 0 Å². The van der Waals surface area contributed by atoms with Crippen molar-refractivity contribution < 1.29 is 18.8 Å². The van der Waals surface area contributed by atoms with E-state index in [1.165, 1.54) is 0 Å². The Morgan fingerprint density at radius 1 is 0.913 bits per heavy atom. The molecular formula is C18H23N2O3+. The lowest BCUT2D eigenvalue weighted by atomic mass is 10.1. The van der Waals surface area contributed by atoms with Crippen LogP contribution in [0.25, 0.3) is 12.2 Å². The zero-order valence-corrected chi connectivity index (χ0v) is 13.8. The lowest BCUT2D eigenvalue weighted by Crippen LogP contribution is -2.36. The number of hydrogen-bond acceptors (Lipinski definition) is 4. The lowest BCUT2D eigenvalue weighted by Gasteiger charge is -2.13. The number of hydrogen-bond donors (Lipinski definition) is 1. The van der Waals surface area contributed by atoms with Gasteiger partial charge in [-0.25, -0.2) is 4.57 Å². The first-order valence-electron chi connectivity index (χ1n) is 7.39. The fraction of sp³-hybridized carbons (Fsp3) is 0.278. The Labute approximate surface area is 136 Å². The van der Waals surface area contributed by atoms with Gasteiger partial charge in [0.1, 0.15) is 0 Å². The Bertz CT molecular complexity index is 667. The Kier molecular flexibility index (Phi) is 6.00. The fourth-order valence-corrected chi connectivity index (χ4v) is 2.32. The molecule has 0 aliphatic heterocycles. The molecule has 0 bridgehead atoms. The average molecular weight is 315 g/mol. The first-order valence-corrected chi connectivity index (χ1v) is 7.39. The molecule has 1 aromatic heterocycles. The van der Waals surface area contributed by atoms with E-state index in [2.05, 4.69) is 0 Å². The highest BCUT2D eigenvalue weighted by Crippen LogP contribution is 2.40. The summed E-state index contributed by atoms with van der Waals surface area (Å²) in [4.78, 5) is 0. The van der Waals surface area contributed by atoms with Crippen molar-refractivity contribution in [1.82, 2.24) is 0 Å². The molecule has 0 unspecified atom stereocenters. The Hall–Kier alpha value is -2.53. The highest BCUT2D eigenvalue weighted by molar-refractivity contribution is 5.75. The predicted octanol–water partition coefficient (Wildman–Crippen LogP) is 2.13. The van der Waals surface area contributed by atoms with Gasteiger partial charge < -0.3 is 19.9 Å². The van der Waals surface area contributed by atoms with Crippen LogP contribution in [0.3, 0.4) is 0 Å². The summed E-state index contributed by atoms with van der Waals surface area (Å²) < 4.78 is 18.2. The van der Waals surface area contributed by atoms with Crippen LogP contribution in [0.2, 0.25) is 0 Å². The topological polar surface area (TPSA) is 57.6 Å². The summed E-state index contributed by atoms with van der Waals surface area (Å²) >= 11 is 0. The Morgan fingerprint density at radius 2 is 1.61 bits per heavy atom. The van der Waals surface area contributed by atoms with Crippen molar-refractivity contribution in [3.8, 4) is 17.2 Å². The molecule has 1 heterocycles. The van der Waals surface area contributed by atoms with Crippen molar-refractivity contribution in [2.75, 3.05) is 27.9 Å². The zero-order valence-electron chi connectivity index (χ0n) is 13.8. The molecule has 0 saturated carbocycles. The molecule has 0 saturated heterocycles. The van der Waals surface area contributed by atoms with E-state index in [4.69, 9.17) is 19.9 Å². The lowest BCUT2D eigenvalue weighted by molar-refractivity contribution is -0.694. The second-order valence-corrected chi connectivity index (χ2v) is 4.91. The van der Waals surface area contributed by atoms with Crippen molar-refractivity contribution in [1.29, 1.82) is 0 Å². The van der Waals surface area contributed by atoms with Crippen molar-refractivity contribution >= 4 is 12.2 Å². The number of aromatic nitrogens is 1. The number of nitrogens with zero attached hydrogens (tertiary/aromatic N) is 1. The molecular weight excluding hydrogens is 292 g/mol. The SMILES string of the molecule is COc1ccc(/C=C/c2cc[n+](CCN)cc2)c(OC)c1OC. The summed E-state index contributed by atoms with van der Waals surface area (Å²) in [6.07, 6.45) is 8.04. The van der Waals surface area contributed by atoms with E-state index in [0.29, 0.717) is 23.8 Å². The molecule has 0 spiro atoms. The number of pyridine rings is 1. The molecule has 0 amide bonds. The van der Waals surface area contributed by atoms with Crippen LogP contribution < -0.4 is 24.5 Å². The van der Waals surface area contributed by atoms with Gasteiger partial charge in [-0.2, -0.15) is 0 Å². The molecule has 0 atom stereocenters. The van der Waals surface area contributed by atoms with Crippen molar-refractivity contribution in [3.05, 3.63) is 47.8 Å². The Morgan fingerprint density at radius 3 is 2.17 bits per heavy atom. The van der Waals surface area contributed by atoms with Crippen molar-refractivity contribution in [3.63, 3.8) is 0 Å². The van der Waals surface area contributed by atoms with Crippen LogP contribution in [-0.2, 0) is 6.54 Å². The molecule has 122 valence electrons. The predicted molar refractivity (Wildman–Crippen MR) is 90.7 cm³/mol. The van der Waals surface area contributed by atoms with E-state index in [9.17, 15) is 0 Å². The molecule has 5 heteroatoms. The molecule has 0 aliphatic rings. The van der Waals surface area contributed by atoms with E-state index >= 15 is 0 Å². The van der Waals surface area contributed by atoms with Gasteiger partial charge in [-0.1, -0.05) is 12.2 Å². The maximum absolute atomic E-state index is 5.55. The summed E-state index contributed by atoms with van der Waals surface area (Å²) in [6, 6.07) is 7.88. The minimum absolute atomic E-state index is 0.589. The van der Waals surface area contributed by atoms with Crippen LogP contribution in [0.1, 0.15) is 11.1 Å². The van der Waals surface area contributed by atoms with Crippen LogP contribution in [0.5, 0.6) is 17.2 Å². The fourth-order valence-electron chi connectivity index (χ4n) is 2.32. The van der Waals surface area contributed by atoms with Crippen LogP contribution in [0.4, 0.5) is 0 Å². The number of ether oxygens (including phenoxy) is 3. The molecule has 1 aromatic carbocycles. The molecule has 2 rings (SSSR count). The zero-order chi connectivity index (χ0) is 16.7. The maximum atomic E-state index is 5.55. The third-order valence-corrected chi connectivity index (χ3v) is 3.49. The molecule has 0 aliphatic carbocycles. The van der Waals surface area contributed by atoms with Crippen molar-refractivity contribution in [2.45, 2.75) is 6.54 Å². The molecule has 2 aromatic rings. The first kappa shape index (κ1) is 16.8. The second-order valence-electron chi connectivity index (χ2n) is 4.91. The third-order valence-electron chi connectivity index (χ3n) is 3.49. The quantitative estimate of drug-likeness (QED) is 0.795. The minimum atomic E-state index is 0.589. The van der Waals surface area contributed by atoms with Crippen LogP contribution in [0.15, 0.2) is 36.7 Å². The van der Waals surface area contributed by atoms with Gasteiger partial charge in [-0.15, -0.1) is 0 Å². The minimum Gasteiger partial charge on any atom is -0.493 e. The number of methoxy groups -OCH3 is 3. The van der Waals surface area contributed by atoms with Gasteiger partial charge in [-0.3, -0.25) is 0 Å². The molecule has 0 fully saturated rings. The highest BCUT2D eigenvalue weighted by Gasteiger charge is 2.14. The van der Waals surface area contributed by atoms with E-state index in [1.54, 1.807) is 21.3 Å². The number of rotatable bonds is 7. The molecule has 2 N–H and O–H groups in total. The average Bonchev–Trinajstić information content (AvgIpc) is 2.60. The summed E-state index contributed by atoms with van der Waals surface area (Å²) in [5.74, 6) is 1.88. The smallest absolute Gasteiger partial charge is 0.203 e. The van der Waals surface area contributed by atoms with Gasteiger partial charge in [0, 0.05) is 17.7 Å². The monoisotopic (exact) mass is 315 g/mol. The molecule has 0 radical (unpaired) electrons. The maximum Gasteiger partial charge on any atom is 0.203 e. The van der Waals surface area contributed by atoms with E-state index in [-0.39, 0.29) is 0 Å². The standard InChI is InChI=1S/C18H23N2O3/c1-21-16-7-6-15(17(22-2)18(16)23-3)5-4-14-8-11-20(12-9-14)13-10-19/h4-9,11-12H,10,13,19H2,1-3H3/q+1/b5-4+. The summed E-state index contributed by atoms with van der Waals surface area (Å²) in [5.41, 5.74) is 7.56. The summed E-state index contributed by atoms with van der Waals surface area (Å²) in [6.45, 7) is 1.44. The van der Waals surface area contributed by atoms with E-state index in [1.807, 2.05) is 53.4 Å². The second kappa shape index (κ2) is 8.19. The van der Waals surface area contributed by atoms with E-state index < -0.39 is 0 Å². The summed E-state index contributed by atoms with van der Waals surface area (Å²) in [7, 11) is 4.82. The molecule has 5 nitrogen and oxygen atoms in total. The first-order chi connectivity index (χ1) is 11.2. The summed E-state index contributed by atoms with van der Waals surface area (Å²) in [5, 5.41) is 0. The van der Waals surface area contributed by atoms with Gasteiger partial charge in [-0.05, 0) is 17.7 Å². The molecule has 23 heavy (non-hydrogen) atoms. The Balaban J connectivity index is 2.28. The van der Waals surface area contributed by atoms with Gasteiger partial charge >= 0.3 is 0 Å². The number of benzene rings is 1. The van der Waals surface area contributed by atoms with Gasteiger partial charge in [0.05, 0.1) is 27.9 Å². The van der Waals surface area contributed by atoms with Gasteiger partial charge in [0.2, 0.25) is 5.75 Å². The van der Waals surface area contributed by atoms with E-state index in [0.717, 1.165) is 17.7 Å². The van der Waals surface area contributed by atoms with Crippen LogP contribution in [-0.4, -0.2) is 27.9 Å². The number of nitrogens with two attached hydrogens (primary N) is 1. The normalized spacial score (nSPS) is 10.8. The van der Waals surface area contributed by atoms with Gasteiger partial charge in [0.15, 0.2) is 30.4 Å².